The van der Waals surface area contributed by atoms with Crippen molar-refractivity contribution in [3.05, 3.63) is 35.4 Å². The predicted molar refractivity (Wildman–Crippen MR) is 111 cm³/mol. The smallest absolute Gasteiger partial charge is 0.223 e. The van der Waals surface area contributed by atoms with E-state index in [-0.39, 0.29) is 30.4 Å². The first-order valence-electron chi connectivity index (χ1n) is 9.45. The highest BCUT2D eigenvalue weighted by molar-refractivity contribution is 5.85. The molecule has 0 saturated carbocycles. The Balaban J connectivity index is 0.00000121. The molecule has 1 aromatic carbocycles. The van der Waals surface area contributed by atoms with E-state index in [1.165, 1.54) is 11.1 Å². The third-order valence-electron chi connectivity index (χ3n) is 6.57. The molecule has 0 aromatic heterocycles. The van der Waals surface area contributed by atoms with Crippen LogP contribution in [0.4, 0.5) is 0 Å². The molecule has 0 radical (unpaired) electrons. The Labute approximate surface area is 169 Å². The second kappa shape index (κ2) is 8.92. The van der Waals surface area contributed by atoms with Crippen molar-refractivity contribution < 1.29 is 4.79 Å². The maximum Gasteiger partial charge on any atom is 0.223 e. The molecule has 4 rings (SSSR count). The number of piperidine rings is 1. The van der Waals surface area contributed by atoms with Gasteiger partial charge in [0.05, 0.1) is 0 Å². The Morgan fingerprint density at radius 3 is 2.69 bits per heavy atom. The molecule has 1 spiro atoms. The lowest BCUT2D eigenvalue weighted by molar-refractivity contribution is -0.137. The molecule has 2 aliphatic heterocycles. The molecule has 2 fully saturated rings. The highest BCUT2D eigenvalue weighted by atomic mass is 35.5. The largest absolute Gasteiger partial charge is 0.340 e. The van der Waals surface area contributed by atoms with Crippen molar-refractivity contribution in [3.63, 3.8) is 0 Å². The van der Waals surface area contributed by atoms with Crippen molar-refractivity contribution in [2.45, 2.75) is 43.6 Å². The molecule has 146 valence electrons. The SMILES string of the molecule is CN1CCN(C(=O)CC2CCc3ccccc32)CC12CCNCC2.Cl.Cl. The van der Waals surface area contributed by atoms with Gasteiger partial charge in [0.25, 0.3) is 0 Å². The fraction of sp³-hybridized carbons (Fsp3) is 0.650. The van der Waals surface area contributed by atoms with Crippen molar-refractivity contribution >= 4 is 30.7 Å². The number of carbonyl (C=O) groups excluding carboxylic acids is 1. The zero-order valence-corrected chi connectivity index (χ0v) is 17.2. The van der Waals surface area contributed by atoms with Crippen LogP contribution in [0.5, 0.6) is 0 Å². The van der Waals surface area contributed by atoms with Crippen molar-refractivity contribution in [2.75, 3.05) is 39.8 Å². The van der Waals surface area contributed by atoms with E-state index < -0.39 is 0 Å². The third-order valence-corrected chi connectivity index (χ3v) is 6.57. The Bertz CT molecular complexity index is 619. The molecule has 1 aliphatic carbocycles. The average Bonchev–Trinajstić information content (AvgIpc) is 3.01. The predicted octanol–water partition coefficient (Wildman–Crippen LogP) is 2.85. The number of nitrogens with zero attached hydrogens (tertiary/aromatic N) is 2. The van der Waals surface area contributed by atoms with E-state index in [9.17, 15) is 4.79 Å². The van der Waals surface area contributed by atoms with E-state index in [0.717, 1.165) is 58.4 Å². The highest BCUT2D eigenvalue weighted by Crippen LogP contribution is 2.36. The average molecular weight is 400 g/mol. The van der Waals surface area contributed by atoms with Gasteiger partial charge in [-0.05, 0) is 62.9 Å². The summed E-state index contributed by atoms with van der Waals surface area (Å²) in [5, 5.41) is 3.46. The van der Waals surface area contributed by atoms with Gasteiger partial charge in [-0.2, -0.15) is 0 Å². The Hall–Kier alpha value is -0.810. The van der Waals surface area contributed by atoms with Crippen LogP contribution in [0.1, 0.15) is 42.7 Å². The summed E-state index contributed by atoms with van der Waals surface area (Å²) in [6, 6.07) is 8.67. The van der Waals surface area contributed by atoms with Crippen LogP contribution in [0.2, 0.25) is 0 Å². The summed E-state index contributed by atoms with van der Waals surface area (Å²) in [6.45, 7) is 4.95. The molecular formula is C20H31Cl2N3O. The van der Waals surface area contributed by atoms with Crippen LogP contribution in [0, 0.1) is 0 Å². The van der Waals surface area contributed by atoms with E-state index in [0.29, 0.717) is 18.2 Å². The summed E-state index contributed by atoms with van der Waals surface area (Å²) < 4.78 is 0. The first kappa shape index (κ1) is 21.5. The quantitative estimate of drug-likeness (QED) is 0.830. The van der Waals surface area contributed by atoms with Gasteiger partial charge in [-0.25, -0.2) is 0 Å². The van der Waals surface area contributed by atoms with Crippen LogP contribution in [0.15, 0.2) is 24.3 Å². The number of hydrogen-bond acceptors (Lipinski definition) is 3. The normalized spacial score (nSPS) is 24.5. The molecule has 2 heterocycles. The number of hydrogen-bond donors (Lipinski definition) is 1. The lowest BCUT2D eigenvalue weighted by atomic mass is 9.84. The van der Waals surface area contributed by atoms with Crippen molar-refractivity contribution in [2.24, 2.45) is 0 Å². The number of nitrogens with one attached hydrogen (secondary N) is 1. The van der Waals surface area contributed by atoms with Gasteiger partial charge in [-0.15, -0.1) is 24.8 Å². The molecule has 1 unspecified atom stereocenters. The number of amides is 1. The number of piperazine rings is 1. The van der Waals surface area contributed by atoms with Gasteiger partial charge in [-0.1, -0.05) is 24.3 Å². The maximum atomic E-state index is 13.0. The summed E-state index contributed by atoms with van der Waals surface area (Å²) >= 11 is 0. The van der Waals surface area contributed by atoms with Crippen LogP contribution in [0.3, 0.4) is 0 Å². The maximum absolute atomic E-state index is 13.0. The minimum atomic E-state index is 0. The van der Waals surface area contributed by atoms with E-state index in [1.54, 1.807) is 0 Å². The van der Waals surface area contributed by atoms with E-state index in [4.69, 9.17) is 0 Å². The summed E-state index contributed by atoms with van der Waals surface area (Å²) in [5.41, 5.74) is 3.06. The Morgan fingerprint density at radius 1 is 1.19 bits per heavy atom. The van der Waals surface area contributed by atoms with Crippen LogP contribution in [0.25, 0.3) is 0 Å². The first-order chi connectivity index (χ1) is 11.7. The zero-order chi connectivity index (χ0) is 16.6. The molecule has 1 atom stereocenters. The third kappa shape index (κ3) is 4.04. The van der Waals surface area contributed by atoms with Crippen molar-refractivity contribution in [1.82, 2.24) is 15.1 Å². The number of fused-ring (bicyclic) bond motifs is 1. The monoisotopic (exact) mass is 399 g/mol. The molecule has 0 bridgehead atoms. The fourth-order valence-corrected chi connectivity index (χ4v) is 4.91. The van der Waals surface area contributed by atoms with Gasteiger partial charge in [0.2, 0.25) is 5.91 Å². The highest BCUT2D eigenvalue weighted by Gasteiger charge is 2.42. The van der Waals surface area contributed by atoms with Gasteiger partial charge in [-0.3, -0.25) is 9.69 Å². The molecule has 4 nitrogen and oxygen atoms in total. The number of aryl methyl sites for hydroxylation is 1. The molecule has 1 N–H and O–H groups in total. The van der Waals surface area contributed by atoms with Gasteiger partial charge >= 0.3 is 0 Å². The second-order valence-corrected chi connectivity index (χ2v) is 7.85. The van der Waals surface area contributed by atoms with Crippen LogP contribution < -0.4 is 5.32 Å². The van der Waals surface area contributed by atoms with Crippen LogP contribution in [-0.2, 0) is 11.2 Å². The molecule has 2 saturated heterocycles. The fourth-order valence-electron chi connectivity index (χ4n) is 4.91. The second-order valence-electron chi connectivity index (χ2n) is 7.85. The minimum absolute atomic E-state index is 0. The van der Waals surface area contributed by atoms with Crippen LogP contribution in [-0.4, -0.2) is 61.0 Å². The number of likely N-dealkylation sites (N-methyl/N-ethyl adjacent to an activating group) is 1. The number of benzene rings is 1. The van der Waals surface area contributed by atoms with E-state index in [1.807, 2.05) is 0 Å². The minimum Gasteiger partial charge on any atom is -0.340 e. The van der Waals surface area contributed by atoms with E-state index in [2.05, 4.69) is 46.4 Å². The molecule has 26 heavy (non-hydrogen) atoms. The number of halogens is 2. The summed E-state index contributed by atoms with van der Waals surface area (Å²) in [7, 11) is 2.24. The first-order valence-corrected chi connectivity index (χ1v) is 9.45. The van der Waals surface area contributed by atoms with Crippen LogP contribution >= 0.6 is 24.8 Å². The molecule has 3 aliphatic rings. The van der Waals surface area contributed by atoms with Crippen molar-refractivity contribution in [1.29, 1.82) is 0 Å². The lowest BCUT2D eigenvalue weighted by Crippen LogP contribution is -2.64. The summed E-state index contributed by atoms with van der Waals surface area (Å²) in [4.78, 5) is 17.6. The number of carbonyl (C=O) groups is 1. The van der Waals surface area contributed by atoms with Gasteiger partial charge < -0.3 is 10.2 Å². The Kier molecular flexibility index (Phi) is 7.37. The molecule has 6 heteroatoms. The number of rotatable bonds is 2. The van der Waals surface area contributed by atoms with Gasteiger partial charge in [0, 0.05) is 31.6 Å². The van der Waals surface area contributed by atoms with E-state index >= 15 is 0 Å². The Morgan fingerprint density at radius 2 is 1.92 bits per heavy atom. The lowest BCUT2D eigenvalue weighted by Gasteiger charge is -2.51. The topological polar surface area (TPSA) is 35.6 Å². The van der Waals surface area contributed by atoms with Crippen molar-refractivity contribution in [3.8, 4) is 0 Å². The van der Waals surface area contributed by atoms with Gasteiger partial charge in [0.15, 0.2) is 0 Å². The molecular weight excluding hydrogens is 369 g/mol. The standard InChI is InChI=1S/C20H29N3O.2ClH/c1-22-12-13-23(15-20(22)8-10-21-11-9-20)19(24)14-17-7-6-16-4-2-3-5-18(16)17;;/h2-5,17,21H,6-15H2,1H3;2*1H. The summed E-state index contributed by atoms with van der Waals surface area (Å²) in [5.74, 6) is 0.792. The molecule has 1 aromatic rings. The molecule has 1 amide bonds. The zero-order valence-electron chi connectivity index (χ0n) is 15.6. The summed E-state index contributed by atoms with van der Waals surface area (Å²) in [6.07, 6.45) is 5.26. The van der Waals surface area contributed by atoms with Gasteiger partial charge in [0.1, 0.15) is 0 Å².